The van der Waals surface area contributed by atoms with Gasteiger partial charge in [-0.15, -0.1) is 0 Å². The Bertz CT molecular complexity index is 522. The molecule has 1 N–H and O–H groups in total. The second-order valence-electron chi connectivity index (χ2n) is 5.90. The lowest BCUT2D eigenvalue weighted by molar-refractivity contribution is -0.134. The number of carbonyl (C=O) groups is 2. The van der Waals surface area contributed by atoms with Gasteiger partial charge >= 0.3 is 0 Å². The van der Waals surface area contributed by atoms with Gasteiger partial charge in [-0.1, -0.05) is 19.9 Å². The fraction of sp³-hybridized carbons (Fsp3) is 0.529. The zero-order valence-corrected chi connectivity index (χ0v) is 13.3. The molecule has 2 rings (SSSR count). The molecule has 0 saturated carbocycles. The van der Waals surface area contributed by atoms with E-state index in [0.717, 1.165) is 25.9 Å². The molecule has 1 aliphatic heterocycles. The molecule has 1 aliphatic rings. The Morgan fingerprint density at radius 1 is 1.23 bits per heavy atom. The lowest BCUT2D eigenvalue weighted by atomic mass is 10.1. The van der Waals surface area contributed by atoms with E-state index in [-0.39, 0.29) is 24.3 Å². The van der Waals surface area contributed by atoms with Crippen LogP contribution in [0, 0.1) is 5.92 Å². The zero-order chi connectivity index (χ0) is 15.9. The van der Waals surface area contributed by atoms with Gasteiger partial charge in [0.15, 0.2) is 6.61 Å². The largest absolute Gasteiger partial charge is 0.484 e. The molecular formula is C17H24N2O3. The van der Waals surface area contributed by atoms with Crippen LogP contribution in [-0.4, -0.2) is 36.4 Å². The predicted molar refractivity (Wildman–Crippen MR) is 85.8 cm³/mol. The molecule has 1 aromatic rings. The van der Waals surface area contributed by atoms with Crippen LogP contribution >= 0.6 is 0 Å². The molecule has 5 heteroatoms. The van der Waals surface area contributed by atoms with Crippen molar-refractivity contribution in [2.24, 2.45) is 5.92 Å². The highest BCUT2D eigenvalue weighted by molar-refractivity contribution is 5.92. The van der Waals surface area contributed by atoms with Crippen molar-refractivity contribution in [2.75, 3.05) is 25.0 Å². The second kappa shape index (κ2) is 7.82. The van der Waals surface area contributed by atoms with Gasteiger partial charge < -0.3 is 15.0 Å². The van der Waals surface area contributed by atoms with Gasteiger partial charge in [0.2, 0.25) is 5.91 Å². The van der Waals surface area contributed by atoms with E-state index in [1.165, 1.54) is 6.42 Å². The maximum absolute atomic E-state index is 12.1. The molecule has 1 fully saturated rings. The van der Waals surface area contributed by atoms with Gasteiger partial charge in [-0.3, -0.25) is 9.59 Å². The minimum Gasteiger partial charge on any atom is -0.484 e. The van der Waals surface area contributed by atoms with Crippen LogP contribution in [0.2, 0.25) is 0 Å². The Labute approximate surface area is 131 Å². The maximum atomic E-state index is 12.1. The van der Waals surface area contributed by atoms with Gasteiger partial charge in [0.05, 0.1) is 0 Å². The van der Waals surface area contributed by atoms with Crippen molar-refractivity contribution in [3.05, 3.63) is 24.3 Å². The molecule has 0 atom stereocenters. The fourth-order valence-electron chi connectivity index (χ4n) is 2.33. The Morgan fingerprint density at radius 2 is 1.95 bits per heavy atom. The summed E-state index contributed by atoms with van der Waals surface area (Å²) in [6, 6.07) is 7.13. The van der Waals surface area contributed by atoms with Gasteiger partial charge in [-0.2, -0.15) is 0 Å². The molecule has 1 aromatic carbocycles. The topological polar surface area (TPSA) is 58.6 Å². The minimum atomic E-state index is -0.0785. The standard InChI is InChI=1S/C17H24N2O3/c1-13(2)17(21)18-14-7-6-8-15(11-14)22-12-16(20)19-9-4-3-5-10-19/h6-8,11,13H,3-5,9-10,12H2,1-2H3,(H,18,21). The number of anilines is 1. The molecule has 2 amide bonds. The third-order valence-electron chi connectivity index (χ3n) is 3.70. The van der Waals surface area contributed by atoms with Crippen molar-refractivity contribution in [1.29, 1.82) is 0 Å². The number of hydrogen-bond donors (Lipinski definition) is 1. The summed E-state index contributed by atoms with van der Waals surface area (Å²) < 4.78 is 5.56. The van der Waals surface area contributed by atoms with Gasteiger partial charge in [0.25, 0.3) is 5.91 Å². The first-order chi connectivity index (χ1) is 10.6. The van der Waals surface area contributed by atoms with Crippen molar-refractivity contribution in [3.63, 3.8) is 0 Å². The van der Waals surface area contributed by atoms with Crippen LogP contribution in [0.15, 0.2) is 24.3 Å². The van der Waals surface area contributed by atoms with Crippen LogP contribution in [0.3, 0.4) is 0 Å². The predicted octanol–water partition coefficient (Wildman–Crippen LogP) is 2.67. The van der Waals surface area contributed by atoms with Crippen molar-refractivity contribution in [2.45, 2.75) is 33.1 Å². The van der Waals surface area contributed by atoms with Crippen LogP contribution in [0.1, 0.15) is 33.1 Å². The molecule has 0 aliphatic carbocycles. The van der Waals surface area contributed by atoms with Crippen molar-refractivity contribution >= 4 is 17.5 Å². The van der Waals surface area contributed by atoms with E-state index in [4.69, 9.17) is 4.74 Å². The lowest BCUT2D eigenvalue weighted by Gasteiger charge is -2.26. The van der Waals surface area contributed by atoms with Crippen LogP contribution in [0.5, 0.6) is 5.75 Å². The first-order valence-electron chi connectivity index (χ1n) is 7.88. The lowest BCUT2D eigenvalue weighted by Crippen LogP contribution is -2.38. The molecule has 120 valence electrons. The SMILES string of the molecule is CC(C)C(=O)Nc1cccc(OCC(=O)N2CCCCC2)c1. The average Bonchev–Trinajstić information content (AvgIpc) is 2.53. The van der Waals surface area contributed by atoms with E-state index in [9.17, 15) is 9.59 Å². The quantitative estimate of drug-likeness (QED) is 0.910. The van der Waals surface area contributed by atoms with Crippen molar-refractivity contribution in [1.82, 2.24) is 4.90 Å². The summed E-state index contributed by atoms with van der Waals surface area (Å²) in [4.78, 5) is 25.6. The molecule has 22 heavy (non-hydrogen) atoms. The minimum absolute atomic E-state index is 0.0244. The van der Waals surface area contributed by atoms with E-state index >= 15 is 0 Å². The van der Waals surface area contributed by atoms with Crippen LogP contribution in [0.4, 0.5) is 5.69 Å². The van der Waals surface area contributed by atoms with Crippen molar-refractivity contribution in [3.8, 4) is 5.75 Å². The molecule has 1 saturated heterocycles. The molecule has 5 nitrogen and oxygen atoms in total. The third kappa shape index (κ3) is 4.76. The van der Waals surface area contributed by atoms with Gasteiger partial charge in [-0.25, -0.2) is 0 Å². The highest BCUT2D eigenvalue weighted by atomic mass is 16.5. The summed E-state index contributed by atoms with van der Waals surface area (Å²) in [5, 5.41) is 2.82. The number of nitrogens with zero attached hydrogens (tertiary/aromatic N) is 1. The van der Waals surface area contributed by atoms with Crippen LogP contribution in [0.25, 0.3) is 0 Å². The third-order valence-corrected chi connectivity index (χ3v) is 3.70. The van der Waals surface area contributed by atoms with E-state index < -0.39 is 0 Å². The number of benzene rings is 1. The average molecular weight is 304 g/mol. The summed E-state index contributed by atoms with van der Waals surface area (Å²) >= 11 is 0. The number of piperidine rings is 1. The first kappa shape index (κ1) is 16.3. The van der Waals surface area contributed by atoms with Crippen molar-refractivity contribution < 1.29 is 14.3 Å². The fourth-order valence-corrected chi connectivity index (χ4v) is 2.33. The van der Waals surface area contributed by atoms with Gasteiger partial charge in [-0.05, 0) is 31.4 Å². The number of nitrogens with one attached hydrogen (secondary N) is 1. The van der Waals surface area contributed by atoms with Gasteiger partial charge in [0, 0.05) is 30.8 Å². The summed E-state index contributed by atoms with van der Waals surface area (Å²) in [5.41, 5.74) is 0.682. The molecule has 0 radical (unpaired) electrons. The summed E-state index contributed by atoms with van der Waals surface area (Å²) in [6.45, 7) is 5.38. The highest BCUT2D eigenvalue weighted by Gasteiger charge is 2.16. The summed E-state index contributed by atoms with van der Waals surface area (Å²) in [5.74, 6) is 0.495. The van der Waals surface area contributed by atoms with E-state index in [1.54, 1.807) is 24.3 Å². The summed E-state index contributed by atoms with van der Waals surface area (Å²) in [7, 11) is 0. The molecule has 0 spiro atoms. The summed E-state index contributed by atoms with van der Waals surface area (Å²) in [6.07, 6.45) is 3.34. The van der Waals surface area contributed by atoms with E-state index in [0.29, 0.717) is 11.4 Å². The first-order valence-corrected chi connectivity index (χ1v) is 7.88. The van der Waals surface area contributed by atoms with E-state index in [2.05, 4.69) is 5.32 Å². The number of carbonyl (C=O) groups excluding carboxylic acids is 2. The molecule has 0 bridgehead atoms. The Hall–Kier alpha value is -2.04. The molecule has 1 heterocycles. The normalized spacial score (nSPS) is 14.8. The highest BCUT2D eigenvalue weighted by Crippen LogP contribution is 2.18. The van der Waals surface area contributed by atoms with Gasteiger partial charge in [0.1, 0.15) is 5.75 Å². The number of hydrogen-bond acceptors (Lipinski definition) is 3. The smallest absolute Gasteiger partial charge is 0.260 e. The number of rotatable bonds is 5. The number of likely N-dealkylation sites (tertiary alicyclic amines) is 1. The zero-order valence-electron chi connectivity index (χ0n) is 13.3. The number of ether oxygens (including phenoxy) is 1. The molecular weight excluding hydrogens is 280 g/mol. The van der Waals surface area contributed by atoms with Crippen LogP contribution in [-0.2, 0) is 9.59 Å². The Kier molecular flexibility index (Phi) is 5.81. The Balaban J connectivity index is 1.87. The second-order valence-corrected chi connectivity index (χ2v) is 5.90. The van der Waals surface area contributed by atoms with Crippen LogP contribution < -0.4 is 10.1 Å². The number of amides is 2. The Morgan fingerprint density at radius 3 is 2.64 bits per heavy atom. The maximum Gasteiger partial charge on any atom is 0.260 e. The molecule has 0 aromatic heterocycles. The van der Waals surface area contributed by atoms with E-state index in [1.807, 2.05) is 18.7 Å². The monoisotopic (exact) mass is 304 g/mol. The molecule has 0 unspecified atom stereocenters.